The number of amides is 1. The van der Waals surface area contributed by atoms with Crippen molar-refractivity contribution < 1.29 is 4.79 Å². The van der Waals surface area contributed by atoms with Gasteiger partial charge in [-0.1, -0.05) is 12.1 Å². The predicted molar refractivity (Wildman–Crippen MR) is 109 cm³/mol. The molecule has 1 aliphatic rings. The molecular formula is C21H27N5O. The Morgan fingerprint density at radius 1 is 1.22 bits per heavy atom. The van der Waals surface area contributed by atoms with Crippen LogP contribution in [0.3, 0.4) is 0 Å². The highest BCUT2D eigenvalue weighted by molar-refractivity contribution is 6.05. The summed E-state index contributed by atoms with van der Waals surface area (Å²) in [5.41, 5.74) is 4.16. The van der Waals surface area contributed by atoms with E-state index < -0.39 is 0 Å². The first kappa shape index (κ1) is 17.6. The van der Waals surface area contributed by atoms with Crippen LogP contribution < -0.4 is 10.2 Å². The number of hydrogen-bond donors (Lipinski definition) is 2. The van der Waals surface area contributed by atoms with E-state index in [0.29, 0.717) is 11.1 Å². The Bertz CT molecular complexity index is 986. The summed E-state index contributed by atoms with van der Waals surface area (Å²) in [6, 6.07) is 8.52. The lowest BCUT2D eigenvalue weighted by atomic mass is 10.1. The first-order valence-electron chi connectivity index (χ1n) is 9.55. The molecule has 142 valence electrons. The Kier molecular flexibility index (Phi) is 4.21. The van der Waals surface area contributed by atoms with Gasteiger partial charge in [0.2, 0.25) is 0 Å². The molecule has 0 saturated carbocycles. The van der Waals surface area contributed by atoms with Gasteiger partial charge in [-0.15, -0.1) is 0 Å². The molecule has 3 aromatic rings. The molecular weight excluding hydrogens is 338 g/mol. The van der Waals surface area contributed by atoms with Crippen molar-refractivity contribution in [2.45, 2.75) is 39.2 Å². The summed E-state index contributed by atoms with van der Waals surface area (Å²) in [5, 5.41) is 3.01. The predicted octanol–water partition coefficient (Wildman–Crippen LogP) is 3.70. The Balaban J connectivity index is 1.72. The van der Waals surface area contributed by atoms with Crippen LogP contribution >= 0.6 is 0 Å². The van der Waals surface area contributed by atoms with E-state index in [-0.39, 0.29) is 11.4 Å². The Labute approximate surface area is 159 Å². The lowest BCUT2D eigenvalue weighted by Crippen LogP contribution is -2.40. The fraction of sp³-hybridized carbons (Fsp3) is 0.429. The SMILES string of the molecule is Cn1c(-c2cccc(N3CCCC3)c2)nc2c(C(=O)NC(C)(C)C)c[nH]c21. The number of nitrogens with one attached hydrogen (secondary N) is 2. The van der Waals surface area contributed by atoms with E-state index in [4.69, 9.17) is 4.98 Å². The number of nitrogens with zero attached hydrogens (tertiary/aromatic N) is 3. The molecule has 27 heavy (non-hydrogen) atoms. The molecule has 1 amide bonds. The molecule has 0 atom stereocenters. The highest BCUT2D eigenvalue weighted by atomic mass is 16.1. The topological polar surface area (TPSA) is 66.0 Å². The number of aryl methyl sites for hydroxylation is 1. The second-order valence-corrected chi connectivity index (χ2v) is 8.34. The van der Waals surface area contributed by atoms with Gasteiger partial charge < -0.3 is 19.8 Å². The van der Waals surface area contributed by atoms with Crippen LogP contribution in [0.5, 0.6) is 0 Å². The number of aromatic nitrogens is 3. The molecule has 1 aliphatic heterocycles. The highest BCUT2D eigenvalue weighted by Gasteiger charge is 2.22. The summed E-state index contributed by atoms with van der Waals surface area (Å²) in [5.74, 6) is 0.756. The van der Waals surface area contributed by atoms with Gasteiger partial charge in [0, 0.05) is 43.1 Å². The number of aromatic amines is 1. The van der Waals surface area contributed by atoms with Gasteiger partial charge in [-0.05, 0) is 45.7 Å². The molecule has 1 fully saturated rings. The van der Waals surface area contributed by atoms with Crippen molar-refractivity contribution in [2.75, 3.05) is 18.0 Å². The summed E-state index contributed by atoms with van der Waals surface area (Å²) in [7, 11) is 1.98. The zero-order valence-corrected chi connectivity index (χ0v) is 16.5. The number of benzene rings is 1. The van der Waals surface area contributed by atoms with E-state index in [9.17, 15) is 4.79 Å². The summed E-state index contributed by atoms with van der Waals surface area (Å²) in [6.45, 7) is 8.15. The lowest BCUT2D eigenvalue weighted by Gasteiger charge is -2.19. The molecule has 4 rings (SSSR count). The molecule has 6 nitrogen and oxygen atoms in total. The third-order valence-electron chi connectivity index (χ3n) is 5.01. The van der Waals surface area contributed by atoms with E-state index in [0.717, 1.165) is 30.1 Å². The number of H-pyrrole nitrogens is 1. The van der Waals surface area contributed by atoms with Gasteiger partial charge in [-0.3, -0.25) is 4.79 Å². The number of carbonyl (C=O) groups is 1. The molecule has 0 bridgehead atoms. The van der Waals surface area contributed by atoms with Gasteiger partial charge >= 0.3 is 0 Å². The molecule has 0 aliphatic carbocycles. The maximum atomic E-state index is 12.6. The Morgan fingerprint density at radius 2 is 1.96 bits per heavy atom. The van der Waals surface area contributed by atoms with Crippen molar-refractivity contribution in [3.63, 3.8) is 0 Å². The zero-order valence-electron chi connectivity index (χ0n) is 16.5. The van der Waals surface area contributed by atoms with Crippen LogP contribution in [0.4, 0.5) is 5.69 Å². The van der Waals surface area contributed by atoms with Crippen LogP contribution in [0.15, 0.2) is 30.5 Å². The maximum Gasteiger partial charge on any atom is 0.255 e. The quantitative estimate of drug-likeness (QED) is 0.744. The molecule has 2 N–H and O–H groups in total. The smallest absolute Gasteiger partial charge is 0.255 e. The number of carbonyl (C=O) groups excluding carboxylic acids is 1. The molecule has 0 unspecified atom stereocenters. The van der Waals surface area contributed by atoms with Crippen LogP contribution in [-0.4, -0.2) is 39.1 Å². The number of imidazole rings is 1. The van der Waals surface area contributed by atoms with Gasteiger partial charge in [0.1, 0.15) is 17.0 Å². The van der Waals surface area contributed by atoms with Gasteiger partial charge in [0.25, 0.3) is 5.91 Å². The van der Waals surface area contributed by atoms with E-state index in [1.54, 1.807) is 6.20 Å². The molecule has 3 heterocycles. The van der Waals surface area contributed by atoms with Gasteiger partial charge in [0.15, 0.2) is 0 Å². The second kappa shape index (κ2) is 6.44. The molecule has 0 radical (unpaired) electrons. The third kappa shape index (κ3) is 3.31. The lowest BCUT2D eigenvalue weighted by molar-refractivity contribution is 0.0921. The second-order valence-electron chi connectivity index (χ2n) is 8.34. The molecule has 0 spiro atoms. The van der Waals surface area contributed by atoms with E-state index in [1.165, 1.54) is 18.5 Å². The van der Waals surface area contributed by atoms with Gasteiger partial charge in [-0.25, -0.2) is 4.98 Å². The van der Waals surface area contributed by atoms with Crippen LogP contribution in [0.1, 0.15) is 44.0 Å². The van der Waals surface area contributed by atoms with Crippen LogP contribution in [-0.2, 0) is 7.05 Å². The summed E-state index contributed by atoms with van der Waals surface area (Å²) in [6.07, 6.45) is 4.24. The first-order valence-corrected chi connectivity index (χ1v) is 9.55. The van der Waals surface area contributed by atoms with Crippen LogP contribution in [0, 0.1) is 0 Å². The Morgan fingerprint density at radius 3 is 2.67 bits per heavy atom. The fourth-order valence-corrected chi connectivity index (χ4v) is 3.72. The standard InChI is InChI=1S/C21H27N5O/c1-21(2,3)24-20(27)16-13-22-19-17(16)23-18(25(19)4)14-8-7-9-15(12-14)26-10-5-6-11-26/h7-9,12-13,22H,5-6,10-11H2,1-4H3,(H,24,27). The largest absolute Gasteiger partial charge is 0.372 e. The summed E-state index contributed by atoms with van der Waals surface area (Å²) < 4.78 is 2.02. The molecule has 2 aromatic heterocycles. The van der Waals surface area contributed by atoms with E-state index in [1.807, 2.05) is 32.4 Å². The minimum absolute atomic E-state index is 0.107. The third-order valence-corrected chi connectivity index (χ3v) is 5.01. The fourth-order valence-electron chi connectivity index (χ4n) is 3.72. The van der Waals surface area contributed by atoms with E-state index in [2.05, 4.69) is 39.5 Å². The number of hydrogen-bond acceptors (Lipinski definition) is 3. The van der Waals surface area contributed by atoms with Crippen molar-refractivity contribution in [3.05, 3.63) is 36.0 Å². The molecule has 1 aromatic carbocycles. The summed E-state index contributed by atoms with van der Waals surface area (Å²) in [4.78, 5) is 23.1. The number of fused-ring (bicyclic) bond motifs is 1. The average Bonchev–Trinajstić information content (AvgIpc) is 3.31. The first-order chi connectivity index (χ1) is 12.8. The van der Waals surface area contributed by atoms with Crippen molar-refractivity contribution >= 4 is 22.8 Å². The van der Waals surface area contributed by atoms with Crippen LogP contribution in [0.25, 0.3) is 22.6 Å². The normalized spacial score (nSPS) is 14.9. The Hall–Kier alpha value is -2.76. The average molecular weight is 365 g/mol. The van der Waals surface area contributed by atoms with Gasteiger partial charge in [-0.2, -0.15) is 0 Å². The van der Waals surface area contributed by atoms with Crippen molar-refractivity contribution in [2.24, 2.45) is 7.05 Å². The van der Waals surface area contributed by atoms with E-state index >= 15 is 0 Å². The van der Waals surface area contributed by atoms with Crippen molar-refractivity contribution in [1.82, 2.24) is 19.9 Å². The zero-order chi connectivity index (χ0) is 19.2. The minimum atomic E-state index is -0.289. The maximum absolute atomic E-state index is 12.6. The highest BCUT2D eigenvalue weighted by Crippen LogP contribution is 2.29. The van der Waals surface area contributed by atoms with Crippen molar-refractivity contribution in [3.8, 4) is 11.4 Å². The summed E-state index contributed by atoms with van der Waals surface area (Å²) >= 11 is 0. The van der Waals surface area contributed by atoms with Gasteiger partial charge in [0.05, 0.1) is 5.56 Å². The number of anilines is 1. The van der Waals surface area contributed by atoms with Crippen LogP contribution in [0.2, 0.25) is 0 Å². The van der Waals surface area contributed by atoms with Crippen molar-refractivity contribution in [1.29, 1.82) is 0 Å². The molecule has 1 saturated heterocycles. The minimum Gasteiger partial charge on any atom is -0.372 e. The number of rotatable bonds is 3. The monoisotopic (exact) mass is 365 g/mol. The molecule has 6 heteroatoms.